The Bertz CT molecular complexity index is 846. The molecule has 162 valence electrons. The first-order chi connectivity index (χ1) is 14.5. The van der Waals surface area contributed by atoms with E-state index in [0.29, 0.717) is 19.0 Å². The maximum atomic E-state index is 13.0. The van der Waals surface area contributed by atoms with Crippen molar-refractivity contribution in [1.82, 2.24) is 25.1 Å². The van der Waals surface area contributed by atoms with Gasteiger partial charge in [-0.15, -0.1) is 0 Å². The van der Waals surface area contributed by atoms with E-state index in [9.17, 15) is 9.59 Å². The molecule has 1 unspecified atom stereocenters. The Labute approximate surface area is 178 Å². The number of nitrogens with zero attached hydrogens (tertiary/aromatic N) is 3. The first-order valence-electron chi connectivity index (χ1n) is 11.3. The van der Waals surface area contributed by atoms with Crippen molar-refractivity contribution < 1.29 is 9.59 Å². The van der Waals surface area contributed by atoms with Gasteiger partial charge in [-0.3, -0.25) is 4.79 Å². The van der Waals surface area contributed by atoms with E-state index in [-0.39, 0.29) is 23.9 Å². The van der Waals surface area contributed by atoms with Gasteiger partial charge in [0, 0.05) is 32.1 Å². The molecule has 4 rings (SSSR count). The van der Waals surface area contributed by atoms with E-state index in [4.69, 9.17) is 4.98 Å². The average molecular weight is 412 g/mol. The molecular weight excluding hydrogens is 378 g/mol. The molecule has 2 fully saturated rings. The molecule has 3 heterocycles. The molecule has 30 heavy (non-hydrogen) atoms. The van der Waals surface area contributed by atoms with Crippen LogP contribution < -0.4 is 5.32 Å². The van der Waals surface area contributed by atoms with Crippen LogP contribution in [0.3, 0.4) is 0 Å². The largest absolute Gasteiger partial charge is 0.346 e. The number of aromatic nitrogens is 2. The minimum Gasteiger partial charge on any atom is -0.346 e. The lowest BCUT2D eigenvalue weighted by molar-refractivity contribution is -0.127. The Morgan fingerprint density at radius 3 is 2.43 bits per heavy atom. The Balaban J connectivity index is 1.37. The van der Waals surface area contributed by atoms with Crippen LogP contribution in [0.15, 0.2) is 24.3 Å². The Morgan fingerprint density at radius 1 is 1.10 bits per heavy atom. The number of amides is 3. The van der Waals surface area contributed by atoms with Crippen molar-refractivity contribution in [3.05, 3.63) is 30.1 Å². The predicted octanol–water partition coefficient (Wildman–Crippen LogP) is 3.69. The number of hydrogen-bond donors (Lipinski definition) is 2. The van der Waals surface area contributed by atoms with Crippen molar-refractivity contribution in [2.75, 3.05) is 26.2 Å². The van der Waals surface area contributed by atoms with Gasteiger partial charge >= 0.3 is 6.03 Å². The zero-order chi connectivity index (χ0) is 21.1. The van der Waals surface area contributed by atoms with Gasteiger partial charge in [-0.1, -0.05) is 26.0 Å². The molecule has 1 atom stereocenters. The minimum absolute atomic E-state index is 0.0494. The molecular formula is C23H33N5O2. The summed E-state index contributed by atoms with van der Waals surface area (Å²) in [6.07, 6.45) is 4.48. The molecule has 2 N–H and O–H groups in total. The highest BCUT2D eigenvalue weighted by molar-refractivity contribution is 5.80. The SMILES string of the molecule is CC(C)CC(NC(=O)C1CCN(C(=O)N2CCCC2)CC1)c1nc2ccccc2[nH]1. The highest BCUT2D eigenvalue weighted by atomic mass is 16.2. The minimum atomic E-state index is -0.130. The number of aromatic amines is 1. The summed E-state index contributed by atoms with van der Waals surface area (Å²) in [5.41, 5.74) is 1.91. The van der Waals surface area contributed by atoms with Crippen LogP contribution in [-0.4, -0.2) is 57.9 Å². The van der Waals surface area contributed by atoms with E-state index < -0.39 is 0 Å². The second-order valence-electron chi connectivity index (χ2n) is 9.07. The van der Waals surface area contributed by atoms with Gasteiger partial charge in [0.05, 0.1) is 17.1 Å². The molecule has 2 aromatic rings. The van der Waals surface area contributed by atoms with Gasteiger partial charge in [0.2, 0.25) is 5.91 Å². The highest BCUT2D eigenvalue weighted by Crippen LogP contribution is 2.25. The number of likely N-dealkylation sites (tertiary alicyclic amines) is 2. The molecule has 2 saturated heterocycles. The zero-order valence-electron chi connectivity index (χ0n) is 18.1. The van der Waals surface area contributed by atoms with Crippen molar-refractivity contribution in [1.29, 1.82) is 0 Å². The van der Waals surface area contributed by atoms with Gasteiger partial charge in [0.15, 0.2) is 0 Å². The van der Waals surface area contributed by atoms with Crippen molar-refractivity contribution >= 4 is 23.0 Å². The summed E-state index contributed by atoms with van der Waals surface area (Å²) < 4.78 is 0. The second-order valence-corrected chi connectivity index (χ2v) is 9.07. The van der Waals surface area contributed by atoms with Crippen LogP contribution in [0.25, 0.3) is 11.0 Å². The lowest BCUT2D eigenvalue weighted by Crippen LogP contribution is -2.48. The summed E-state index contributed by atoms with van der Waals surface area (Å²) in [5.74, 6) is 1.28. The van der Waals surface area contributed by atoms with E-state index in [1.165, 1.54) is 0 Å². The molecule has 2 aliphatic rings. The molecule has 0 aliphatic carbocycles. The topological polar surface area (TPSA) is 81.3 Å². The molecule has 2 aliphatic heterocycles. The van der Waals surface area contributed by atoms with Crippen LogP contribution in [0.2, 0.25) is 0 Å². The summed E-state index contributed by atoms with van der Waals surface area (Å²) in [6.45, 7) is 7.37. The number of imidazole rings is 1. The van der Waals surface area contributed by atoms with Crippen molar-refractivity contribution in [2.45, 2.75) is 52.0 Å². The third-order valence-electron chi connectivity index (χ3n) is 6.27. The number of benzene rings is 1. The number of nitrogens with one attached hydrogen (secondary N) is 2. The summed E-state index contributed by atoms with van der Waals surface area (Å²) in [7, 11) is 0. The molecule has 3 amide bonds. The predicted molar refractivity (Wildman–Crippen MR) is 117 cm³/mol. The molecule has 0 radical (unpaired) electrons. The summed E-state index contributed by atoms with van der Waals surface area (Å²) in [5, 5.41) is 3.25. The standard InChI is InChI=1S/C23H33N5O2/c1-16(2)15-20(21-24-18-7-3-4-8-19(18)25-21)26-22(29)17-9-13-28(14-10-17)23(30)27-11-5-6-12-27/h3-4,7-8,16-17,20H,5-6,9-15H2,1-2H3,(H,24,25)(H,26,29). The lowest BCUT2D eigenvalue weighted by atomic mass is 9.94. The third-order valence-corrected chi connectivity index (χ3v) is 6.27. The number of para-hydroxylation sites is 2. The van der Waals surface area contributed by atoms with E-state index in [2.05, 4.69) is 24.1 Å². The molecule has 0 bridgehead atoms. The van der Waals surface area contributed by atoms with Gasteiger partial charge < -0.3 is 20.1 Å². The molecule has 0 spiro atoms. The number of carbonyl (C=O) groups is 2. The fourth-order valence-corrected chi connectivity index (χ4v) is 4.58. The number of H-pyrrole nitrogens is 1. The van der Waals surface area contributed by atoms with Gasteiger partial charge in [0.1, 0.15) is 5.82 Å². The van der Waals surface area contributed by atoms with Crippen LogP contribution in [0, 0.1) is 11.8 Å². The first-order valence-corrected chi connectivity index (χ1v) is 11.3. The van der Waals surface area contributed by atoms with E-state index in [0.717, 1.165) is 62.1 Å². The molecule has 0 saturated carbocycles. The quantitative estimate of drug-likeness (QED) is 0.787. The monoisotopic (exact) mass is 411 g/mol. The number of urea groups is 1. The van der Waals surface area contributed by atoms with Gasteiger partial charge in [-0.25, -0.2) is 9.78 Å². The Hall–Kier alpha value is -2.57. The summed E-state index contributed by atoms with van der Waals surface area (Å²) in [4.78, 5) is 37.6. The normalized spacial score (nSPS) is 18.9. The van der Waals surface area contributed by atoms with Crippen LogP contribution in [-0.2, 0) is 4.79 Å². The molecule has 1 aromatic carbocycles. The summed E-state index contributed by atoms with van der Waals surface area (Å²) >= 11 is 0. The number of hydrogen-bond acceptors (Lipinski definition) is 3. The maximum absolute atomic E-state index is 13.0. The summed E-state index contributed by atoms with van der Waals surface area (Å²) in [6, 6.07) is 7.96. The first kappa shape index (κ1) is 20.7. The van der Waals surface area contributed by atoms with Gasteiger partial charge in [-0.05, 0) is 50.2 Å². The van der Waals surface area contributed by atoms with Crippen molar-refractivity contribution in [3.63, 3.8) is 0 Å². The maximum Gasteiger partial charge on any atom is 0.319 e. The number of carbonyl (C=O) groups excluding carboxylic acids is 2. The Kier molecular flexibility index (Phi) is 6.25. The van der Waals surface area contributed by atoms with Crippen LogP contribution in [0.5, 0.6) is 0 Å². The highest BCUT2D eigenvalue weighted by Gasteiger charge is 2.31. The van der Waals surface area contributed by atoms with Crippen LogP contribution in [0.4, 0.5) is 4.79 Å². The van der Waals surface area contributed by atoms with Crippen molar-refractivity contribution in [3.8, 4) is 0 Å². The van der Waals surface area contributed by atoms with Crippen LogP contribution in [0.1, 0.15) is 57.8 Å². The molecule has 1 aromatic heterocycles. The smallest absolute Gasteiger partial charge is 0.319 e. The second kappa shape index (κ2) is 9.06. The zero-order valence-corrected chi connectivity index (χ0v) is 18.1. The van der Waals surface area contributed by atoms with Gasteiger partial charge in [0.25, 0.3) is 0 Å². The lowest BCUT2D eigenvalue weighted by Gasteiger charge is -2.34. The molecule has 7 heteroatoms. The van der Waals surface area contributed by atoms with E-state index >= 15 is 0 Å². The third kappa shape index (κ3) is 4.60. The molecule has 7 nitrogen and oxygen atoms in total. The van der Waals surface area contributed by atoms with E-state index in [1.807, 2.05) is 34.1 Å². The number of rotatable bonds is 5. The average Bonchev–Trinajstić information content (AvgIpc) is 3.42. The number of piperidine rings is 1. The Morgan fingerprint density at radius 2 is 1.77 bits per heavy atom. The number of fused-ring (bicyclic) bond motifs is 1. The van der Waals surface area contributed by atoms with Crippen molar-refractivity contribution in [2.24, 2.45) is 11.8 Å². The fraction of sp³-hybridized carbons (Fsp3) is 0.609. The fourth-order valence-electron chi connectivity index (χ4n) is 4.58. The van der Waals surface area contributed by atoms with E-state index in [1.54, 1.807) is 0 Å². The van der Waals surface area contributed by atoms with Crippen LogP contribution >= 0.6 is 0 Å². The van der Waals surface area contributed by atoms with Gasteiger partial charge in [-0.2, -0.15) is 0 Å².